The number of rotatable bonds is 3. The molecule has 1 rings (SSSR count). The molecule has 0 saturated carbocycles. The van der Waals surface area contributed by atoms with Crippen LogP contribution in [0, 0.1) is 0 Å². The van der Waals surface area contributed by atoms with E-state index in [4.69, 9.17) is 5.11 Å². The zero-order valence-corrected chi connectivity index (χ0v) is 10.9. The van der Waals surface area contributed by atoms with Crippen LogP contribution in [0.2, 0.25) is 0 Å². The first kappa shape index (κ1) is 14.7. The Kier molecular flexibility index (Phi) is 5.79. The van der Waals surface area contributed by atoms with Gasteiger partial charge in [-0.25, -0.2) is 0 Å². The van der Waals surface area contributed by atoms with E-state index in [2.05, 4.69) is 6.92 Å². The van der Waals surface area contributed by atoms with E-state index in [-0.39, 0.29) is 0 Å². The number of benzene rings is 1. The van der Waals surface area contributed by atoms with E-state index in [1.165, 1.54) is 5.56 Å². The average Bonchev–Trinajstić information content (AvgIpc) is 2.31. The molecule has 90 valence electrons. The molecule has 2 nitrogen and oxygen atoms in total. The Morgan fingerprint density at radius 1 is 1.19 bits per heavy atom. The lowest BCUT2D eigenvalue weighted by Gasteiger charge is -2.19. The molecule has 1 aromatic carbocycles. The number of hydrogen-bond acceptors (Lipinski definition) is 1. The molecule has 0 amide bonds. The van der Waals surface area contributed by atoms with Crippen molar-refractivity contribution in [3.63, 3.8) is 0 Å². The molecule has 0 aliphatic heterocycles. The maximum absolute atomic E-state index is 11.0. The number of carboxylic acids is 1. The second-order valence-electron chi connectivity index (χ2n) is 3.98. The summed E-state index contributed by atoms with van der Waals surface area (Å²) in [6.07, 6.45) is 0.980. The highest BCUT2D eigenvalue weighted by Gasteiger charge is 2.28. The first-order valence-electron chi connectivity index (χ1n) is 5.81. The Labute approximate surface area is 98.3 Å². The summed E-state index contributed by atoms with van der Waals surface area (Å²) in [5.41, 5.74) is 1.28. The van der Waals surface area contributed by atoms with E-state index >= 15 is 0 Å². The first-order valence-corrected chi connectivity index (χ1v) is 5.81. The third-order valence-corrected chi connectivity index (χ3v) is 2.62. The smallest absolute Gasteiger partial charge is 0.313 e. The van der Waals surface area contributed by atoms with E-state index in [0.717, 1.165) is 12.0 Å². The molecule has 0 saturated heterocycles. The van der Waals surface area contributed by atoms with Crippen LogP contribution in [0.15, 0.2) is 24.3 Å². The third kappa shape index (κ3) is 3.37. The Hall–Kier alpha value is -1.31. The molecule has 0 aromatic heterocycles. The Balaban J connectivity index is 0.00000106. The Morgan fingerprint density at radius 3 is 1.94 bits per heavy atom. The van der Waals surface area contributed by atoms with Gasteiger partial charge in [0.05, 0.1) is 5.41 Å². The van der Waals surface area contributed by atoms with E-state index in [1.807, 2.05) is 38.1 Å². The number of carboxylic acid groups (broad SMARTS) is 1. The summed E-state index contributed by atoms with van der Waals surface area (Å²) in [6.45, 7) is 9.52. The van der Waals surface area contributed by atoms with Gasteiger partial charge in [-0.2, -0.15) is 0 Å². The van der Waals surface area contributed by atoms with Crippen LogP contribution >= 0.6 is 0 Å². The van der Waals surface area contributed by atoms with Crippen LogP contribution < -0.4 is 0 Å². The molecule has 0 atom stereocenters. The SMILES string of the molecule is CC.CCc1ccc(C(C)(C)C(=O)O)cc1. The monoisotopic (exact) mass is 222 g/mol. The molecular formula is C14H22O2. The number of aryl methyl sites for hydroxylation is 1. The van der Waals surface area contributed by atoms with Crippen LogP contribution in [-0.2, 0) is 16.6 Å². The molecule has 0 heterocycles. The molecule has 2 heteroatoms. The lowest BCUT2D eigenvalue weighted by Crippen LogP contribution is -2.28. The fourth-order valence-electron chi connectivity index (χ4n) is 1.28. The Bertz CT molecular complexity index is 323. The molecular weight excluding hydrogens is 200 g/mol. The van der Waals surface area contributed by atoms with Crippen LogP contribution in [0.4, 0.5) is 0 Å². The minimum absolute atomic E-state index is 0.790. The highest BCUT2D eigenvalue weighted by molar-refractivity contribution is 5.80. The average molecular weight is 222 g/mol. The molecule has 16 heavy (non-hydrogen) atoms. The van der Waals surface area contributed by atoms with Crippen LogP contribution in [0.5, 0.6) is 0 Å². The normalized spacial score (nSPS) is 10.3. The molecule has 0 aliphatic carbocycles. The molecule has 0 radical (unpaired) electrons. The molecule has 0 fully saturated rings. The largest absolute Gasteiger partial charge is 0.481 e. The number of carbonyl (C=O) groups is 1. The second kappa shape index (κ2) is 6.31. The molecule has 1 aromatic rings. The minimum atomic E-state index is -0.799. The second-order valence-corrected chi connectivity index (χ2v) is 3.98. The van der Waals surface area contributed by atoms with Gasteiger partial charge in [0.25, 0.3) is 0 Å². The van der Waals surface area contributed by atoms with Crippen molar-refractivity contribution in [1.29, 1.82) is 0 Å². The third-order valence-electron chi connectivity index (χ3n) is 2.62. The Morgan fingerprint density at radius 2 is 1.62 bits per heavy atom. The van der Waals surface area contributed by atoms with Crippen molar-refractivity contribution in [2.75, 3.05) is 0 Å². The van der Waals surface area contributed by atoms with Gasteiger partial charge in [0.1, 0.15) is 0 Å². The summed E-state index contributed by atoms with van der Waals surface area (Å²) in [5, 5.41) is 9.02. The van der Waals surface area contributed by atoms with Gasteiger partial charge in [0.2, 0.25) is 0 Å². The summed E-state index contributed by atoms with van der Waals surface area (Å²) in [4.78, 5) is 11.0. The maximum atomic E-state index is 11.0. The molecule has 0 unspecified atom stereocenters. The first-order chi connectivity index (χ1) is 7.48. The minimum Gasteiger partial charge on any atom is -0.481 e. The summed E-state index contributed by atoms with van der Waals surface area (Å²) in [6, 6.07) is 7.76. The van der Waals surface area contributed by atoms with Crippen molar-refractivity contribution in [3.05, 3.63) is 35.4 Å². The van der Waals surface area contributed by atoms with E-state index in [9.17, 15) is 4.79 Å². The zero-order valence-electron chi connectivity index (χ0n) is 10.9. The van der Waals surface area contributed by atoms with Crippen LogP contribution in [-0.4, -0.2) is 11.1 Å². The van der Waals surface area contributed by atoms with Crippen LogP contribution in [0.1, 0.15) is 45.7 Å². The lowest BCUT2D eigenvalue weighted by atomic mass is 9.84. The van der Waals surface area contributed by atoms with Crippen LogP contribution in [0.3, 0.4) is 0 Å². The van der Waals surface area contributed by atoms with Crippen LogP contribution in [0.25, 0.3) is 0 Å². The van der Waals surface area contributed by atoms with Gasteiger partial charge in [-0.3, -0.25) is 4.79 Å². The van der Waals surface area contributed by atoms with Crippen molar-refractivity contribution in [2.45, 2.75) is 46.5 Å². The van der Waals surface area contributed by atoms with Gasteiger partial charge < -0.3 is 5.11 Å². The van der Waals surface area contributed by atoms with Gasteiger partial charge in [-0.1, -0.05) is 45.0 Å². The van der Waals surface area contributed by atoms with Crippen molar-refractivity contribution in [2.24, 2.45) is 0 Å². The van der Waals surface area contributed by atoms with E-state index in [1.54, 1.807) is 13.8 Å². The summed E-state index contributed by atoms with van der Waals surface area (Å²) in [7, 11) is 0. The fourth-order valence-corrected chi connectivity index (χ4v) is 1.28. The molecule has 0 spiro atoms. The van der Waals surface area contributed by atoms with Gasteiger partial charge in [0.15, 0.2) is 0 Å². The zero-order chi connectivity index (χ0) is 12.8. The highest BCUT2D eigenvalue weighted by Crippen LogP contribution is 2.23. The fraction of sp³-hybridized carbons (Fsp3) is 0.500. The number of aliphatic carboxylic acids is 1. The van der Waals surface area contributed by atoms with Gasteiger partial charge >= 0.3 is 5.97 Å². The quantitative estimate of drug-likeness (QED) is 0.847. The summed E-state index contributed by atoms with van der Waals surface area (Å²) < 4.78 is 0. The molecule has 0 aliphatic rings. The van der Waals surface area contributed by atoms with Crippen molar-refractivity contribution in [3.8, 4) is 0 Å². The standard InChI is InChI=1S/C12H16O2.C2H6/c1-4-9-5-7-10(8-6-9)12(2,3)11(13)14;1-2/h5-8H,4H2,1-3H3,(H,13,14);1-2H3. The predicted molar refractivity (Wildman–Crippen MR) is 67.8 cm³/mol. The summed E-state index contributed by atoms with van der Waals surface area (Å²) in [5.74, 6) is -0.790. The lowest BCUT2D eigenvalue weighted by molar-refractivity contribution is -0.142. The predicted octanol–water partition coefficient (Wildman–Crippen LogP) is 3.64. The van der Waals surface area contributed by atoms with Gasteiger partial charge in [-0.05, 0) is 31.4 Å². The molecule has 0 bridgehead atoms. The number of hydrogen-bond donors (Lipinski definition) is 1. The maximum Gasteiger partial charge on any atom is 0.313 e. The van der Waals surface area contributed by atoms with Crippen molar-refractivity contribution < 1.29 is 9.90 Å². The van der Waals surface area contributed by atoms with E-state index in [0.29, 0.717) is 0 Å². The topological polar surface area (TPSA) is 37.3 Å². The van der Waals surface area contributed by atoms with Crippen molar-refractivity contribution >= 4 is 5.97 Å². The highest BCUT2D eigenvalue weighted by atomic mass is 16.4. The van der Waals surface area contributed by atoms with Gasteiger partial charge in [-0.15, -0.1) is 0 Å². The van der Waals surface area contributed by atoms with Crippen molar-refractivity contribution in [1.82, 2.24) is 0 Å². The van der Waals surface area contributed by atoms with E-state index < -0.39 is 11.4 Å². The summed E-state index contributed by atoms with van der Waals surface area (Å²) >= 11 is 0. The molecule has 1 N–H and O–H groups in total. The van der Waals surface area contributed by atoms with Gasteiger partial charge in [0, 0.05) is 0 Å².